The van der Waals surface area contributed by atoms with Gasteiger partial charge in [-0.25, -0.2) is 9.78 Å². The summed E-state index contributed by atoms with van der Waals surface area (Å²) in [6.45, 7) is 5.37. The Morgan fingerprint density at radius 3 is 2.57 bits per heavy atom. The minimum Gasteiger partial charge on any atom is -0.326 e. The molecule has 2 heterocycles. The van der Waals surface area contributed by atoms with Crippen LogP contribution < -0.4 is 16.2 Å². The van der Waals surface area contributed by atoms with Crippen molar-refractivity contribution in [3.05, 3.63) is 63.7 Å². The molecule has 9 nitrogen and oxygen atoms in total. The van der Waals surface area contributed by atoms with Crippen molar-refractivity contribution in [1.29, 1.82) is 0 Å². The maximum absolute atomic E-state index is 12.6. The number of amides is 2. The van der Waals surface area contributed by atoms with E-state index < -0.39 is 0 Å². The van der Waals surface area contributed by atoms with Crippen molar-refractivity contribution in [2.45, 2.75) is 27.2 Å². The second kappa shape index (κ2) is 7.87. The van der Waals surface area contributed by atoms with E-state index in [0.29, 0.717) is 34.9 Å². The third kappa shape index (κ3) is 3.98. The molecule has 144 valence electrons. The second-order valence-corrected chi connectivity index (χ2v) is 6.22. The number of aromatic amines is 1. The third-order valence-corrected chi connectivity index (χ3v) is 4.22. The molecule has 0 fully saturated rings. The average molecular weight is 380 g/mol. The number of nitrogens with one attached hydrogen (secondary N) is 3. The average Bonchev–Trinajstić information content (AvgIpc) is 3.06. The monoisotopic (exact) mass is 380 g/mol. The van der Waals surface area contributed by atoms with E-state index in [1.807, 2.05) is 6.92 Å². The molecule has 0 radical (unpaired) electrons. The van der Waals surface area contributed by atoms with Gasteiger partial charge < -0.3 is 10.6 Å². The highest BCUT2D eigenvalue weighted by atomic mass is 16.2. The molecule has 3 aromatic rings. The van der Waals surface area contributed by atoms with Gasteiger partial charge >= 0.3 is 0 Å². The predicted octanol–water partition coefficient (Wildman–Crippen LogP) is 2.17. The largest absolute Gasteiger partial charge is 0.326 e. The molecule has 2 amide bonds. The summed E-state index contributed by atoms with van der Waals surface area (Å²) in [6.07, 6.45) is 1.84. The summed E-state index contributed by atoms with van der Waals surface area (Å²) in [5.74, 6) is 0.0136. The number of H-pyrrole nitrogens is 1. The lowest BCUT2D eigenvalue weighted by Gasteiger charge is -2.11. The highest BCUT2D eigenvalue weighted by Gasteiger charge is 2.16. The Morgan fingerprint density at radius 1 is 1.14 bits per heavy atom. The Bertz CT molecular complexity index is 1080. The zero-order chi connectivity index (χ0) is 20.3. The molecule has 0 atom stereocenters. The summed E-state index contributed by atoms with van der Waals surface area (Å²) in [5.41, 5.74) is 2.80. The van der Waals surface area contributed by atoms with Gasteiger partial charge in [0.25, 0.3) is 11.5 Å². The van der Waals surface area contributed by atoms with Crippen LogP contribution in [0.5, 0.6) is 0 Å². The quantitative estimate of drug-likeness (QED) is 0.626. The number of hydrogen-bond acceptors (Lipinski definition) is 5. The van der Waals surface area contributed by atoms with Crippen LogP contribution in [-0.4, -0.2) is 31.8 Å². The normalized spacial score (nSPS) is 10.5. The molecule has 0 saturated heterocycles. The maximum Gasteiger partial charge on any atom is 0.264 e. The van der Waals surface area contributed by atoms with Gasteiger partial charge in [-0.3, -0.25) is 14.4 Å². The lowest BCUT2D eigenvalue weighted by Crippen LogP contribution is -2.15. The molecule has 9 heteroatoms. The number of nitrogens with zero attached hydrogens (tertiary/aromatic N) is 3. The van der Waals surface area contributed by atoms with Gasteiger partial charge in [0.1, 0.15) is 0 Å². The number of rotatable bonds is 5. The van der Waals surface area contributed by atoms with Crippen LogP contribution in [0.4, 0.5) is 11.4 Å². The topological polar surface area (TPSA) is 122 Å². The zero-order valence-electron chi connectivity index (χ0n) is 15.7. The van der Waals surface area contributed by atoms with Gasteiger partial charge in [-0.05, 0) is 43.7 Å². The molecular formula is C19H20N6O3. The van der Waals surface area contributed by atoms with Crippen molar-refractivity contribution >= 4 is 23.2 Å². The fraction of sp³-hybridized carbons (Fsp3) is 0.211. The summed E-state index contributed by atoms with van der Waals surface area (Å²) in [6, 6.07) is 8.11. The maximum atomic E-state index is 12.6. The van der Waals surface area contributed by atoms with Crippen LogP contribution >= 0.6 is 0 Å². The van der Waals surface area contributed by atoms with Crippen molar-refractivity contribution in [3.63, 3.8) is 0 Å². The minimum atomic E-state index is -0.321. The van der Waals surface area contributed by atoms with E-state index in [1.165, 1.54) is 23.0 Å². The van der Waals surface area contributed by atoms with E-state index in [-0.39, 0.29) is 17.4 Å². The summed E-state index contributed by atoms with van der Waals surface area (Å²) >= 11 is 0. The molecule has 0 spiro atoms. The number of hydrogen-bond donors (Lipinski definition) is 3. The Balaban J connectivity index is 1.78. The summed E-state index contributed by atoms with van der Waals surface area (Å²) in [5, 5.41) is 16.1. The fourth-order valence-electron chi connectivity index (χ4n) is 2.64. The van der Waals surface area contributed by atoms with Crippen molar-refractivity contribution in [3.8, 4) is 5.82 Å². The molecule has 0 bridgehead atoms. The standard InChI is InChI=1S/C19H20N6O3/c1-4-17(26)22-15-6-5-13(9-11(15)2)21-19(28)14-10-20-25(12(14)3)16-7-8-18(27)24-23-16/h5-10H,4H2,1-3H3,(H,21,28)(H,22,26)(H,24,27). The fourth-order valence-corrected chi connectivity index (χ4v) is 2.64. The molecule has 0 aliphatic heterocycles. The van der Waals surface area contributed by atoms with Crippen molar-refractivity contribution in [2.75, 3.05) is 10.6 Å². The lowest BCUT2D eigenvalue weighted by atomic mass is 10.1. The van der Waals surface area contributed by atoms with E-state index >= 15 is 0 Å². The third-order valence-electron chi connectivity index (χ3n) is 4.22. The van der Waals surface area contributed by atoms with Gasteiger partial charge in [0.15, 0.2) is 5.82 Å². The van der Waals surface area contributed by atoms with Gasteiger partial charge in [0.05, 0.1) is 17.5 Å². The molecule has 0 saturated carbocycles. The molecule has 2 aromatic heterocycles. The Hall–Kier alpha value is -3.75. The molecule has 3 N–H and O–H groups in total. The summed E-state index contributed by atoms with van der Waals surface area (Å²) in [4.78, 5) is 35.3. The van der Waals surface area contributed by atoms with Gasteiger partial charge in [0.2, 0.25) is 5.91 Å². The van der Waals surface area contributed by atoms with Crippen LogP contribution in [0.25, 0.3) is 5.82 Å². The van der Waals surface area contributed by atoms with Crippen LogP contribution in [-0.2, 0) is 4.79 Å². The van der Waals surface area contributed by atoms with Crippen molar-refractivity contribution in [2.24, 2.45) is 0 Å². The number of carbonyl (C=O) groups is 2. The molecular weight excluding hydrogens is 360 g/mol. The number of anilines is 2. The first-order valence-electron chi connectivity index (χ1n) is 8.71. The van der Waals surface area contributed by atoms with E-state index in [2.05, 4.69) is 25.9 Å². The second-order valence-electron chi connectivity index (χ2n) is 6.22. The predicted molar refractivity (Wildman–Crippen MR) is 105 cm³/mol. The number of aromatic nitrogens is 4. The van der Waals surface area contributed by atoms with E-state index in [1.54, 1.807) is 32.0 Å². The Kier molecular flexibility index (Phi) is 5.35. The number of benzene rings is 1. The lowest BCUT2D eigenvalue weighted by molar-refractivity contribution is -0.115. The first-order valence-corrected chi connectivity index (χ1v) is 8.71. The highest BCUT2D eigenvalue weighted by molar-refractivity contribution is 6.05. The van der Waals surface area contributed by atoms with Crippen LogP contribution in [0.15, 0.2) is 41.3 Å². The van der Waals surface area contributed by atoms with Gasteiger partial charge in [-0.1, -0.05) is 6.92 Å². The van der Waals surface area contributed by atoms with Crippen LogP contribution in [0.2, 0.25) is 0 Å². The molecule has 28 heavy (non-hydrogen) atoms. The van der Waals surface area contributed by atoms with Crippen molar-refractivity contribution < 1.29 is 9.59 Å². The Labute approximate surface area is 160 Å². The van der Waals surface area contributed by atoms with Crippen LogP contribution in [0.3, 0.4) is 0 Å². The molecule has 0 aliphatic carbocycles. The smallest absolute Gasteiger partial charge is 0.264 e. The number of carbonyl (C=O) groups excluding carboxylic acids is 2. The van der Waals surface area contributed by atoms with E-state index in [0.717, 1.165) is 5.56 Å². The van der Waals surface area contributed by atoms with Gasteiger partial charge in [-0.15, -0.1) is 0 Å². The SMILES string of the molecule is CCC(=O)Nc1ccc(NC(=O)c2cnn(-c3ccc(=O)[nH]n3)c2C)cc1C. The highest BCUT2D eigenvalue weighted by Crippen LogP contribution is 2.21. The molecule has 3 rings (SSSR count). The Morgan fingerprint density at radius 2 is 1.93 bits per heavy atom. The van der Waals surface area contributed by atoms with Gasteiger partial charge in [0, 0.05) is 23.9 Å². The van der Waals surface area contributed by atoms with E-state index in [9.17, 15) is 14.4 Å². The minimum absolute atomic E-state index is 0.0706. The van der Waals surface area contributed by atoms with Crippen molar-refractivity contribution in [1.82, 2.24) is 20.0 Å². The number of aryl methyl sites for hydroxylation is 1. The zero-order valence-corrected chi connectivity index (χ0v) is 15.7. The van der Waals surface area contributed by atoms with Gasteiger partial charge in [-0.2, -0.15) is 10.2 Å². The first kappa shape index (κ1) is 19.0. The summed E-state index contributed by atoms with van der Waals surface area (Å²) < 4.78 is 1.47. The summed E-state index contributed by atoms with van der Waals surface area (Å²) in [7, 11) is 0. The first-order chi connectivity index (χ1) is 13.4. The van der Waals surface area contributed by atoms with E-state index in [4.69, 9.17) is 0 Å². The molecule has 1 aromatic carbocycles. The van der Waals surface area contributed by atoms with Crippen LogP contribution in [0, 0.1) is 13.8 Å². The molecule has 0 unspecified atom stereocenters. The van der Waals surface area contributed by atoms with Crippen LogP contribution in [0.1, 0.15) is 35.0 Å². The molecule has 0 aliphatic rings.